The molecule has 144 valence electrons. The third kappa shape index (κ3) is 3.77. The quantitative estimate of drug-likeness (QED) is 0.455. The number of likely N-dealkylation sites (tertiary alicyclic amines) is 1. The molecule has 1 saturated heterocycles. The van der Waals surface area contributed by atoms with E-state index < -0.39 is 23.7 Å². The van der Waals surface area contributed by atoms with Gasteiger partial charge in [0.15, 0.2) is 0 Å². The van der Waals surface area contributed by atoms with Crippen LogP contribution < -0.4 is 0 Å². The van der Waals surface area contributed by atoms with E-state index in [2.05, 4.69) is 0 Å². The summed E-state index contributed by atoms with van der Waals surface area (Å²) >= 11 is 5.88. The minimum Gasteiger partial charge on any atom is -0.507 e. The molecular formula is C21H18ClNO5. The molecule has 2 aromatic carbocycles. The molecule has 7 heteroatoms. The molecule has 1 aliphatic rings. The van der Waals surface area contributed by atoms with Gasteiger partial charge in [-0.3, -0.25) is 14.4 Å². The molecule has 0 radical (unpaired) electrons. The Balaban J connectivity index is 2.14. The number of benzene rings is 2. The zero-order chi connectivity index (χ0) is 20.4. The van der Waals surface area contributed by atoms with E-state index in [1.54, 1.807) is 36.4 Å². The van der Waals surface area contributed by atoms with Gasteiger partial charge in [-0.1, -0.05) is 41.4 Å². The molecule has 3 rings (SSSR count). The van der Waals surface area contributed by atoms with Gasteiger partial charge in [0.2, 0.25) is 0 Å². The number of carboxylic acid groups (broad SMARTS) is 1. The van der Waals surface area contributed by atoms with E-state index in [1.165, 1.54) is 4.90 Å². The number of amides is 1. The summed E-state index contributed by atoms with van der Waals surface area (Å²) in [5.74, 6) is -3.08. The Morgan fingerprint density at radius 2 is 1.64 bits per heavy atom. The first kappa shape index (κ1) is 19.6. The number of aliphatic carboxylic acids is 1. The second-order valence-corrected chi connectivity index (χ2v) is 6.99. The average Bonchev–Trinajstić information content (AvgIpc) is 2.91. The molecule has 2 N–H and O–H groups in total. The fourth-order valence-electron chi connectivity index (χ4n) is 3.19. The minimum atomic E-state index is -1.08. The first-order valence-corrected chi connectivity index (χ1v) is 9.00. The molecule has 0 aliphatic carbocycles. The van der Waals surface area contributed by atoms with E-state index in [1.807, 2.05) is 19.1 Å². The van der Waals surface area contributed by atoms with E-state index in [9.17, 15) is 19.5 Å². The highest BCUT2D eigenvalue weighted by Gasteiger charge is 2.45. The van der Waals surface area contributed by atoms with Crippen LogP contribution in [0.2, 0.25) is 5.02 Å². The van der Waals surface area contributed by atoms with Crippen LogP contribution in [0.3, 0.4) is 0 Å². The highest BCUT2D eigenvalue weighted by atomic mass is 35.5. The maximum Gasteiger partial charge on any atom is 0.305 e. The summed E-state index contributed by atoms with van der Waals surface area (Å²) in [5.41, 5.74) is 1.88. The van der Waals surface area contributed by atoms with Gasteiger partial charge >= 0.3 is 5.97 Å². The van der Waals surface area contributed by atoms with Crippen LogP contribution in [0.5, 0.6) is 0 Å². The van der Waals surface area contributed by atoms with Crippen LogP contribution in [0.25, 0.3) is 5.76 Å². The maximum atomic E-state index is 12.7. The van der Waals surface area contributed by atoms with Gasteiger partial charge in [-0.05, 0) is 36.8 Å². The molecular weight excluding hydrogens is 382 g/mol. The monoisotopic (exact) mass is 399 g/mol. The van der Waals surface area contributed by atoms with Gasteiger partial charge in [0.25, 0.3) is 11.7 Å². The van der Waals surface area contributed by atoms with Crippen LogP contribution in [-0.2, 0) is 14.4 Å². The van der Waals surface area contributed by atoms with Gasteiger partial charge in [0.05, 0.1) is 18.0 Å². The number of aliphatic hydroxyl groups is 1. The number of Topliss-reactive ketones (excluding diaryl/α,β-unsaturated/α-hetero) is 1. The Morgan fingerprint density at radius 3 is 2.21 bits per heavy atom. The fraction of sp³-hybridized carbons (Fsp3) is 0.190. The van der Waals surface area contributed by atoms with Crippen molar-refractivity contribution in [2.75, 3.05) is 6.54 Å². The van der Waals surface area contributed by atoms with Gasteiger partial charge in [0, 0.05) is 17.1 Å². The van der Waals surface area contributed by atoms with Crippen molar-refractivity contribution in [3.8, 4) is 0 Å². The molecule has 1 fully saturated rings. The molecule has 0 aromatic heterocycles. The zero-order valence-electron chi connectivity index (χ0n) is 15.1. The first-order valence-electron chi connectivity index (χ1n) is 8.62. The molecule has 6 nitrogen and oxygen atoms in total. The molecule has 1 aliphatic heterocycles. The van der Waals surface area contributed by atoms with Crippen LogP contribution in [0, 0.1) is 6.92 Å². The number of carboxylic acids is 1. The first-order chi connectivity index (χ1) is 13.3. The smallest absolute Gasteiger partial charge is 0.305 e. The maximum absolute atomic E-state index is 12.7. The second kappa shape index (κ2) is 7.86. The van der Waals surface area contributed by atoms with Crippen molar-refractivity contribution in [2.24, 2.45) is 0 Å². The van der Waals surface area contributed by atoms with Crippen molar-refractivity contribution >= 4 is 35.0 Å². The van der Waals surface area contributed by atoms with Crippen molar-refractivity contribution in [1.82, 2.24) is 4.90 Å². The molecule has 0 unspecified atom stereocenters. The summed E-state index contributed by atoms with van der Waals surface area (Å²) in [6.45, 7) is 1.76. The van der Waals surface area contributed by atoms with Gasteiger partial charge < -0.3 is 15.1 Å². The van der Waals surface area contributed by atoms with Crippen molar-refractivity contribution in [1.29, 1.82) is 0 Å². The lowest BCUT2D eigenvalue weighted by atomic mass is 9.94. The average molecular weight is 400 g/mol. The Labute approximate surface area is 166 Å². The van der Waals surface area contributed by atoms with Crippen LogP contribution in [-0.4, -0.2) is 39.3 Å². The van der Waals surface area contributed by atoms with E-state index >= 15 is 0 Å². The molecule has 2 aromatic rings. The SMILES string of the molecule is Cc1ccc([C@@H]2/C(=C(\O)c3ccc(Cl)cc3)C(=O)C(=O)N2CCC(=O)O)cc1. The van der Waals surface area contributed by atoms with Crippen LogP contribution in [0.4, 0.5) is 0 Å². The second-order valence-electron chi connectivity index (χ2n) is 6.55. The van der Waals surface area contributed by atoms with Gasteiger partial charge in [-0.15, -0.1) is 0 Å². The summed E-state index contributed by atoms with van der Waals surface area (Å²) < 4.78 is 0. The van der Waals surface area contributed by atoms with Gasteiger partial charge in [-0.25, -0.2) is 0 Å². The topological polar surface area (TPSA) is 94.9 Å². The predicted molar refractivity (Wildman–Crippen MR) is 104 cm³/mol. The van der Waals surface area contributed by atoms with E-state index in [0.717, 1.165) is 5.56 Å². The van der Waals surface area contributed by atoms with Crippen molar-refractivity contribution in [2.45, 2.75) is 19.4 Å². The summed E-state index contributed by atoms with van der Waals surface area (Å²) in [6, 6.07) is 12.5. The molecule has 0 spiro atoms. The standard InChI is InChI=1S/C21H18ClNO5/c1-12-2-4-13(5-3-12)18-17(19(26)14-6-8-15(22)9-7-14)20(27)21(28)23(18)11-10-16(24)25/h2-9,18,26H,10-11H2,1H3,(H,24,25)/b19-17+/t18-/m1/s1. The molecule has 1 heterocycles. The van der Waals surface area contributed by atoms with Crippen molar-refractivity contribution in [3.63, 3.8) is 0 Å². The van der Waals surface area contributed by atoms with Gasteiger partial charge in [-0.2, -0.15) is 0 Å². The highest BCUT2D eigenvalue weighted by Crippen LogP contribution is 2.39. The molecule has 0 bridgehead atoms. The van der Waals surface area contributed by atoms with E-state index in [4.69, 9.17) is 16.7 Å². The van der Waals surface area contributed by atoms with Crippen LogP contribution >= 0.6 is 11.6 Å². The molecule has 0 saturated carbocycles. The number of hydrogen-bond donors (Lipinski definition) is 2. The lowest BCUT2D eigenvalue weighted by molar-refractivity contribution is -0.142. The third-order valence-corrected chi connectivity index (χ3v) is 4.87. The Kier molecular flexibility index (Phi) is 5.51. The number of rotatable bonds is 5. The highest BCUT2D eigenvalue weighted by molar-refractivity contribution is 6.46. The number of carbonyl (C=O) groups excluding carboxylic acids is 2. The van der Waals surface area contributed by atoms with Crippen molar-refractivity contribution < 1.29 is 24.6 Å². The fourth-order valence-corrected chi connectivity index (χ4v) is 3.31. The van der Waals surface area contributed by atoms with E-state index in [0.29, 0.717) is 16.1 Å². The summed E-state index contributed by atoms with van der Waals surface area (Å²) in [7, 11) is 0. The zero-order valence-corrected chi connectivity index (χ0v) is 15.8. The van der Waals surface area contributed by atoms with Gasteiger partial charge in [0.1, 0.15) is 5.76 Å². The number of aryl methyl sites for hydroxylation is 1. The minimum absolute atomic E-state index is 0.0680. The van der Waals surface area contributed by atoms with Crippen molar-refractivity contribution in [3.05, 3.63) is 75.8 Å². The third-order valence-electron chi connectivity index (χ3n) is 4.62. The lowest BCUT2D eigenvalue weighted by Crippen LogP contribution is -2.31. The molecule has 1 amide bonds. The summed E-state index contributed by atoms with van der Waals surface area (Å²) in [4.78, 5) is 37.5. The largest absolute Gasteiger partial charge is 0.507 e. The summed E-state index contributed by atoms with van der Waals surface area (Å²) in [5, 5.41) is 20.3. The number of nitrogens with zero attached hydrogens (tertiary/aromatic N) is 1. The van der Waals surface area contributed by atoms with Crippen LogP contribution in [0.1, 0.15) is 29.2 Å². The summed E-state index contributed by atoms with van der Waals surface area (Å²) in [6.07, 6.45) is -0.309. The number of aliphatic hydroxyl groups excluding tert-OH is 1. The Hall–Kier alpha value is -3.12. The normalized spacial score (nSPS) is 18.5. The van der Waals surface area contributed by atoms with E-state index in [-0.39, 0.29) is 24.3 Å². The lowest BCUT2D eigenvalue weighted by Gasteiger charge is -2.24. The number of ketones is 1. The van der Waals surface area contributed by atoms with Crippen LogP contribution in [0.15, 0.2) is 54.1 Å². The number of hydrogen-bond acceptors (Lipinski definition) is 4. The predicted octanol–water partition coefficient (Wildman–Crippen LogP) is 3.54. The Morgan fingerprint density at radius 1 is 1.04 bits per heavy atom. The number of halogens is 1. The Bertz CT molecular complexity index is 963. The number of carbonyl (C=O) groups is 3. The molecule has 1 atom stereocenters. The molecule has 28 heavy (non-hydrogen) atoms.